The van der Waals surface area contributed by atoms with Gasteiger partial charge in [-0.15, -0.1) is 0 Å². The molecule has 0 spiro atoms. The van der Waals surface area contributed by atoms with Gasteiger partial charge in [-0.2, -0.15) is 0 Å². The van der Waals surface area contributed by atoms with Gasteiger partial charge in [0.25, 0.3) is 0 Å². The van der Waals surface area contributed by atoms with E-state index >= 15 is 0 Å². The molecule has 2 aromatic carbocycles. The molecule has 2 atom stereocenters. The number of halogens is 1. The minimum Gasteiger partial charge on any atom is -0.0619 e. The Morgan fingerprint density at radius 2 is 1.47 bits per heavy atom. The second-order valence-electron chi connectivity index (χ2n) is 4.90. The molecule has 0 heterocycles. The highest BCUT2D eigenvalue weighted by Crippen LogP contribution is 2.46. The SMILES string of the molecule is CC1c2ccccc2-c2cc(Br)ccc2C1C. The lowest BCUT2D eigenvalue weighted by molar-refractivity contribution is 0.616. The summed E-state index contributed by atoms with van der Waals surface area (Å²) < 4.78 is 1.16. The van der Waals surface area contributed by atoms with Crippen molar-refractivity contribution in [1.82, 2.24) is 0 Å². The van der Waals surface area contributed by atoms with Crippen LogP contribution in [0.25, 0.3) is 11.1 Å². The van der Waals surface area contributed by atoms with Gasteiger partial charge in [0.15, 0.2) is 0 Å². The Bertz CT molecular complexity index is 571. The van der Waals surface area contributed by atoms with Crippen LogP contribution in [0.5, 0.6) is 0 Å². The number of rotatable bonds is 0. The smallest absolute Gasteiger partial charge is 0.0181 e. The van der Waals surface area contributed by atoms with E-state index < -0.39 is 0 Å². The average molecular weight is 287 g/mol. The van der Waals surface area contributed by atoms with Crippen molar-refractivity contribution in [2.45, 2.75) is 25.7 Å². The summed E-state index contributed by atoms with van der Waals surface area (Å²) in [5.74, 6) is 1.19. The van der Waals surface area contributed by atoms with Crippen molar-refractivity contribution in [3.63, 3.8) is 0 Å². The second kappa shape index (κ2) is 3.99. The van der Waals surface area contributed by atoms with Crippen molar-refractivity contribution >= 4 is 15.9 Å². The number of fused-ring (bicyclic) bond motifs is 3. The van der Waals surface area contributed by atoms with Gasteiger partial charge in [0, 0.05) is 4.47 Å². The molecule has 0 amide bonds. The summed E-state index contributed by atoms with van der Waals surface area (Å²) in [6, 6.07) is 15.4. The van der Waals surface area contributed by atoms with Gasteiger partial charge in [0.2, 0.25) is 0 Å². The van der Waals surface area contributed by atoms with Gasteiger partial charge >= 0.3 is 0 Å². The largest absolute Gasteiger partial charge is 0.0619 e. The first-order chi connectivity index (χ1) is 8.18. The van der Waals surface area contributed by atoms with E-state index in [0.717, 1.165) is 4.47 Å². The number of hydrogen-bond donors (Lipinski definition) is 0. The second-order valence-corrected chi connectivity index (χ2v) is 5.81. The predicted octanol–water partition coefficient (Wildman–Crippen LogP) is 5.34. The first-order valence-corrected chi connectivity index (χ1v) is 6.86. The van der Waals surface area contributed by atoms with Gasteiger partial charge in [0.05, 0.1) is 0 Å². The van der Waals surface area contributed by atoms with Crippen molar-refractivity contribution in [1.29, 1.82) is 0 Å². The van der Waals surface area contributed by atoms with Crippen molar-refractivity contribution < 1.29 is 0 Å². The molecule has 0 saturated carbocycles. The third-order valence-corrected chi connectivity index (χ3v) is 4.49. The molecule has 86 valence electrons. The van der Waals surface area contributed by atoms with Gasteiger partial charge in [-0.25, -0.2) is 0 Å². The standard InChI is InChI=1S/C16H15Br/c1-10-11(2)14-8-7-12(17)9-16(14)15-6-4-3-5-13(10)15/h3-11H,1-2H3. The molecule has 0 aromatic heterocycles. The van der Waals surface area contributed by atoms with E-state index in [1.165, 1.54) is 22.3 Å². The molecular weight excluding hydrogens is 272 g/mol. The van der Waals surface area contributed by atoms with E-state index in [9.17, 15) is 0 Å². The summed E-state index contributed by atoms with van der Waals surface area (Å²) in [6.45, 7) is 4.65. The lowest BCUT2D eigenvalue weighted by Gasteiger charge is -2.31. The lowest BCUT2D eigenvalue weighted by Crippen LogP contribution is -2.12. The summed E-state index contributed by atoms with van der Waals surface area (Å²) in [5.41, 5.74) is 5.74. The fourth-order valence-corrected chi connectivity index (χ4v) is 3.20. The van der Waals surface area contributed by atoms with Gasteiger partial charge in [0.1, 0.15) is 0 Å². The molecule has 3 rings (SSSR count). The monoisotopic (exact) mass is 286 g/mol. The van der Waals surface area contributed by atoms with Crippen LogP contribution < -0.4 is 0 Å². The maximum absolute atomic E-state index is 3.58. The van der Waals surface area contributed by atoms with E-state index in [4.69, 9.17) is 0 Å². The predicted molar refractivity (Wildman–Crippen MR) is 76.4 cm³/mol. The van der Waals surface area contributed by atoms with Crippen LogP contribution in [-0.2, 0) is 0 Å². The molecule has 1 aliphatic carbocycles. The molecular formula is C16H15Br. The van der Waals surface area contributed by atoms with Crippen LogP contribution in [0, 0.1) is 0 Å². The maximum atomic E-state index is 3.58. The van der Waals surface area contributed by atoms with Gasteiger partial charge in [-0.1, -0.05) is 60.1 Å². The third-order valence-electron chi connectivity index (χ3n) is 4.00. The Kier molecular flexibility index (Phi) is 2.59. The fourth-order valence-electron chi connectivity index (χ4n) is 2.84. The Hall–Kier alpha value is -1.08. The molecule has 1 heteroatoms. The zero-order valence-electron chi connectivity index (χ0n) is 10.1. The van der Waals surface area contributed by atoms with Crippen LogP contribution in [0.1, 0.15) is 36.8 Å². The van der Waals surface area contributed by atoms with Gasteiger partial charge in [-0.3, -0.25) is 0 Å². The van der Waals surface area contributed by atoms with Crippen LogP contribution in [0.4, 0.5) is 0 Å². The first kappa shape index (κ1) is 11.0. The minimum atomic E-state index is 0.591. The highest BCUT2D eigenvalue weighted by Gasteiger charge is 2.27. The lowest BCUT2D eigenvalue weighted by atomic mass is 9.73. The Morgan fingerprint density at radius 1 is 0.824 bits per heavy atom. The Balaban J connectivity index is 2.33. The molecule has 0 nitrogen and oxygen atoms in total. The molecule has 0 saturated heterocycles. The highest BCUT2D eigenvalue weighted by molar-refractivity contribution is 9.10. The zero-order valence-corrected chi connectivity index (χ0v) is 11.7. The van der Waals surface area contributed by atoms with Crippen molar-refractivity contribution in [2.24, 2.45) is 0 Å². The van der Waals surface area contributed by atoms with Gasteiger partial charge < -0.3 is 0 Å². The molecule has 0 aliphatic heterocycles. The fraction of sp³-hybridized carbons (Fsp3) is 0.250. The van der Waals surface area contributed by atoms with E-state index in [1.54, 1.807) is 0 Å². The number of hydrogen-bond acceptors (Lipinski definition) is 0. The van der Waals surface area contributed by atoms with Gasteiger partial charge in [-0.05, 0) is 46.2 Å². The first-order valence-electron chi connectivity index (χ1n) is 6.07. The van der Waals surface area contributed by atoms with Crippen molar-refractivity contribution in [3.05, 3.63) is 58.1 Å². The molecule has 0 radical (unpaired) electrons. The quantitative estimate of drug-likeness (QED) is 0.613. The molecule has 0 bridgehead atoms. The summed E-state index contributed by atoms with van der Waals surface area (Å²) in [4.78, 5) is 0. The summed E-state index contributed by atoms with van der Waals surface area (Å²) in [5, 5.41) is 0. The summed E-state index contributed by atoms with van der Waals surface area (Å²) in [7, 11) is 0. The van der Waals surface area contributed by atoms with E-state index in [2.05, 4.69) is 72.2 Å². The molecule has 0 fully saturated rings. The van der Waals surface area contributed by atoms with E-state index in [-0.39, 0.29) is 0 Å². The van der Waals surface area contributed by atoms with Crippen LogP contribution in [0.3, 0.4) is 0 Å². The highest BCUT2D eigenvalue weighted by atomic mass is 79.9. The van der Waals surface area contributed by atoms with Crippen molar-refractivity contribution in [3.8, 4) is 11.1 Å². The van der Waals surface area contributed by atoms with Crippen LogP contribution in [-0.4, -0.2) is 0 Å². The third kappa shape index (κ3) is 1.64. The van der Waals surface area contributed by atoms with E-state index in [1.807, 2.05) is 0 Å². The molecule has 17 heavy (non-hydrogen) atoms. The molecule has 2 unspecified atom stereocenters. The average Bonchev–Trinajstić information content (AvgIpc) is 2.36. The summed E-state index contributed by atoms with van der Waals surface area (Å²) in [6.07, 6.45) is 0. The molecule has 1 aliphatic rings. The van der Waals surface area contributed by atoms with E-state index in [0.29, 0.717) is 11.8 Å². The van der Waals surface area contributed by atoms with Crippen LogP contribution >= 0.6 is 15.9 Å². The van der Waals surface area contributed by atoms with Crippen molar-refractivity contribution in [2.75, 3.05) is 0 Å². The normalized spacial score (nSPS) is 21.8. The summed E-state index contributed by atoms with van der Waals surface area (Å²) >= 11 is 3.58. The van der Waals surface area contributed by atoms with Crippen LogP contribution in [0.2, 0.25) is 0 Å². The minimum absolute atomic E-state index is 0.591. The Morgan fingerprint density at radius 3 is 2.24 bits per heavy atom. The van der Waals surface area contributed by atoms with Crippen LogP contribution in [0.15, 0.2) is 46.9 Å². The molecule has 2 aromatic rings. The Labute approximate surface area is 111 Å². The molecule has 0 N–H and O–H groups in total. The number of benzene rings is 2. The zero-order chi connectivity index (χ0) is 12.0. The topological polar surface area (TPSA) is 0 Å². The maximum Gasteiger partial charge on any atom is 0.0181 e.